The number of aromatic nitrogens is 1. The lowest BCUT2D eigenvalue weighted by molar-refractivity contribution is -0.122. The predicted molar refractivity (Wildman–Crippen MR) is 108 cm³/mol. The number of hydrogen-bond donors (Lipinski definition) is 2. The largest absolute Gasteiger partial charge is 0.349 e. The molecule has 0 spiro atoms. The number of carbonyl (C=O) groups excluding carboxylic acids is 1. The van der Waals surface area contributed by atoms with Gasteiger partial charge in [-0.2, -0.15) is 0 Å². The van der Waals surface area contributed by atoms with Crippen molar-refractivity contribution < 1.29 is 4.79 Å². The molecule has 0 aliphatic heterocycles. The van der Waals surface area contributed by atoms with Crippen LogP contribution in [0.5, 0.6) is 0 Å². The summed E-state index contributed by atoms with van der Waals surface area (Å²) in [6.45, 7) is 8.67. The van der Waals surface area contributed by atoms with Crippen molar-refractivity contribution in [2.24, 2.45) is 11.7 Å². The van der Waals surface area contributed by atoms with Crippen molar-refractivity contribution in [1.82, 2.24) is 10.3 Å². The number of thiazole rings is 1. The highest BCUT2D eigenvalue weighted by atomic mass is 35.5. The Labute approximate surface area is 160 Å². The van der Waals surface area contributed by atoms with Crippen LogP contribution < -0.4 is 11.1 Å². The van der Waals surface area contributed by atoms with E-state index in [1.54, 1.807) is 11.3 Å². The Bertz CT molecular complexity index is 684. The van der Waals surface area contributed by atoms with Crippen molar-refractivity contribution in [3.63, 3.8) is 0 Å². The van der Waals surface area contributed by atoms with E-state index in [0.717, 1.165) is 22.7 Å². The van der Waals surface area contributed by atoms with E-state index < -0.39 is 0 Å². The molecule has 2 rings (SSSR count). The Morgan fingerprint density at radius 1 is 1.32 bits per heavy atom. The van der Waals surface area contributed by atoms with Gasteiger partial charge in [-0.15, -0.1) is 23.7 Å². The first-order valence-corrected chi connectivity index (χ1v) is 9.30. The molecule has 1 atom stereocenters. The molecule has 1 heterocycles. The molecule has 25 heavy (non-hydrogen) atoms. The SMILES string of the molecule is CCc1ccc(-c2nc(CC(=O)NC(C)(CN)C(C)C)cs2)cc1.Cl. The van der Waals surface area contributed by atoms with Crippen LogP contribution in [0.3, 0.4) is 0 Å². The van der Waals surface area contributed by atoms with E-state index in [-0.39, 0.29) is 36.2 Å². The van der Waals surface area contributed by atoms with E-state index in [0.29, 0.717) is 6.54 Å². The van der Waals surface area contributed by atoms with E-state index in [1.165, 1.54) is 5.56 Å². The van der Waals surface area contributed by atoms with Crippen LogP contribution in [0.25, 0.3) is 10.6 Å². The minimum absolute atomic E-state index is 0. The minimum Gasteiger partial charge on any atom is -0.349 e. The lowest BCUT2D eigenvalue weighted by Gasteiger charge is -2.33. The number of aryl methyl sites for hydroxylation is 1. The van der Waals surface area contributed by atoms with E-state index in [4.69, 9.17) is 5.73 Å². The summed E-state index contributed by atoms with van der Waals surface area (Å²) in [4.78, 5) is 16.9. The first-order valence-electron chi connectivity index (χ1n) is 8.42. The second-order valence-electron chi connectivity index (χ2n) is 6.70. The smallest absolute Gasteiger partial charge is 0.226 e. The van der Waals surface area contributed by atoms with Gasteiger partial charge in [0.25, 0.3) is 0 Å². The molecule has 0 bridgehead atoms. The Morgan fingerprint density at radius 3 is 2.48 bits per heavy atom. The van der Waals surface area contributed by atoms with Gasteiger partial charge >= 0.3 is 0 Å². The lowest BCUT2D eigenvalue weighted by atomic mass is 9.88. The molecule has 0 saturated carbocycles. The van der Waals surface area contributed by atoms with Gasteiger partial charge in [-0.3, -0.25) is 4.79 Å². The first kappa shape index (κ1) is 21.6. The van der Waals surface area contributed by atoms with Gasteiger partial charge in [-0.25, -0.2) is 4.98 Å². The average Bonchev–Trinajstić information content (AvgIpc) is 3.02. The molecule has 0 saturated heterocycles. The topological polar surface area (TPSA) is 68.0 Å². The van der Waals surface area contributed by atoms with Crippen molar-refractivity contribution in [2.75, 3.05) is 6.54 Å². The highest BCUT2D eigenvalue weighted by molar-refractivity contribution is 7.13. The van der Waals surface area contributed by atoms with Gasteiger partial charge in [0.05, 0.1) is 17.7 Å². The number of nitrogens with zero attached hydrogens (tertiary/aromatic N) is 1. The number of carbonyl (C=O) groups is 1. The number of halogens is 1. The molecule has 1 aromatic carbocycles. The van der Waals surface area contributed by atoms with Crippen LogP contribution >= 0.6 is 23.7 Å². The molecule has 1 unspecified atom stereocenters. The number of nitrogens with one attached hydrogen (secondary N) is 1. The molecule has 1 aromatic heterocycles. The Morgan fingerprint density at radius 2 is 1.96 bits per heavy atom. The van der Waals surface area contributed by atoms with Crippen LogP contribution in [-0.4, -0.2) is 23.0 Å². The van der Waals surface area contributed by atoms with Crippen LogP contribution in [0.15, 0.2) is 29.6 Å². The highest BCUT2D eigenvalue weighted by Crippen LogP contribution is 2.24. The van der Waals surface area contributed by atoms with E-state index in [2.05, 4.69) is 55.3 Å². The zero-order valence-electron chi connectivity index (χ0n) is 15.3. The van der Waals surface area contributed by atoms with Crippen molar-refractivity contribution in [3.8, 4) is 10.6 Å². The number of rotatable bonds is 7. The Hall–Kier alpha value is -1.43. The standard InChI is InChI=1S/C19H27N3OS.ClH/c1-5-14-6-8-15(9-7-14)18-21-16(11-24-18)10-17(23)22-19(4,12-20)13(2)3;/h6-9,11,13H,5,10,12,20H2,1-4H3,(H,22,23);1H. The van der Waals surface area contributed by atoms with Gasteiger partial charge < -0.3 is 11.1 Å². The Kier molecular flexibility index (Phi) is 8.06. The number of hydrogen-bond acceptors (Lipinski definition) is 4. The maximum atomic E-state index is 12.3. The van der Waals surface area contributed by atoms with Crippen molar-refractivity contribution in [2.45, 2.75) is 46.1 Å². The highest BCUT2D eigenvalue weighted by Gasteiger charge is 2.28. The molecule has 6 heteroatoms. The summed E-state index contributed by atoms with van der Waals surface area (Å²) in [5, 5.41) is 5.96. The van der Waals surface area contributed by atoms with Gasteiger partial charge in [-0.05, 0) is 24.8 Å². The zero-order chi connectivity index (χ0) is 17.7. The number of amides is 1. The fraction of sp³-hybridized carbons (Fsp3) is 0.474. The minimum atomic E-state index is -0.383. The van der Waals surface area contributed by atoms with E-state index in [9.17, 15) is 4.79 Å². The molecule has 3 N–H and O–H groups in total. The molecule has 0 radical (unpaired) electrons. The van der Waals surface area contributed by atoms with E-state index in [1.807, 2.05) is 12.3 Å². The quantitative estimate of drug-likeness (QED) is 0.765. The average molecular weight is 382 g/mol. The maximum Gasteiger partial charge on any atom is 0.226 e. The normalized spacial score (nSPS) is 13.2. The van der Waals surface area contributed by atoms with Crippen molar-refractivity contribution >= 4 is 29.7 Å². The molecular weight excluding hydrogens is 354 g/mol. The summed E-state index contributed by atoms with van der Waals surface area (Å²) in [5.74, 6) is 0.240. The first-order chi connectivity index (χ1) is 11.4. The van der Waals surface area contributed by atoms with Gasteiger partial charge in [0, 0.05) is 17.5 Å². The molecular formula is C19H28ClN3OS. The molecule has 4 nitrogen and oxygen atoms in total. The molecule has 138 valence electrons. The third kappa shape index (κ3) is 5.53. The predicted octanol–water partition coefficient (Wildman–Crippen LogP) is 3.83. The lowest BCUT2D eigenvalue weighted by Crippen LogP contribution is -2.55. The van der Waals surface area contributed by atoms with Crippen LogP contribution in [0, 0.1) is 5.92 Å². The second kappa shape index (κ2) is 9.32. The summed E-state index contributed by atoms with van der Waals surface area (Å²) >= 11 is 1.57. The van der Waals surface area contributed by atoms with Gasteiger partial charge in [0.1, 0.15) is 5.01 Å². The summed E-state index contributed by atoms with van der Waals surface area (Å²) in [6, 6.07) is 8.43. The monoisotopic (exact) mass is 381 g/mol. The molecule has 0 aliphatic rings. The van der Waals surface area contributed by atoms with E-state index >= 15 is 0 Å². The van der Waals surface area contributed by atoms with Gasteiger partial charge in [0.15, 0.2) is 0 Å². The molecule has 0 fully saturated rings. The zero-order valence-corrected chi connectivity index (χ0v) is 17.0. The fourth-order valence-corrected chi connectivity index (χ4v) is 3.19. The summed E-state index contributed by atoms with van der Waals surface area (Å²) in [7, 11) is 0. The van der Waals surface area contributed by atoms with Crippen LogP contribution in [0.4, 0.5) is 0 Å². The van der Waals surface area contributed by atoms with Gasteiger partial charge in [-0.1, -0.05) is 45.0 Å². The van der Waals surface area contributed by atoms with Crippen LogP contribution in [0.2, 0.25) is 0 Å². The van der Waals surface area contributed by atoms with Gasteiger partial charge in [0.2, 0.25) is 5.91 Å². The van der Waals surface area contributed by atoms with Crippen molar-refractivity contribution in [3.05, 3.63) is 40.9 Å². The Balaban J connectivity index is 0.00000312. The maximum absolute atomic E-state index is 12.3. The summed E-state index contributed by atoms with van der Waals surface area (Å²) in [5.41, 5.74) is 8.65. The third-order valence-corrected chi connectivity index (χ3v) is 5.57. The molecule has 0 aliphatic carbocycles. The summed E-state index contributed by atoms with van der Waals surface area (Å²) < 4.78 is 0. The van der Waals surface area contributed by atoms with Crippen LogP contribution in [0.1, 0.15) is 39.0 Å². The van der Waals surface area contributed by atoms with Crippen LogP contribution in [-0.2, 0) is 17.6 Å². The second-order valence-corrected chi connectivity index (χ2v) is 7.55. The third-order valence-electron chi connectivity index (χ3n) is 4.63. The molecule has 1 amide bonds. The van der Waals surface area contributed by atoms with Crippen molar-refractivity contribution in [1.29, 1.82) is 0 Å². The summed E-state index contributed by atoms with van der Waals surface area (Å²) in [6.07, 6.45) is 1.31. The number of nitrogens with two attached hydrogens (primary N) is 1. The molecule has 2 aromatic rings. The number of benzene rings is 1. The fourth-order valence-electron chi connectivity index (χ4n) is 2.36.